The van der Waals surface area contributed by atoms with E-state index in [4.69, 9.17) is 15.2 Å². The van der Waals surface area contributed by atoms with Crippen LogP contribution < -0.4 is 10.5 Å². The first-order valence-corrected chi connectivity index (χ1v) is 6.19. The summed E-state index contributed by atoms with van der Waals surface area (Å²) in [5, 5.41) is 0. The van der Waals surface area contributed by atoms with Crippen LogP contribution in [0, 0.1) is 0 Å². The van der Waals surface area contributed by atoms with E-state index in [2.05, 4.69) is 31.0 Å². The molecule has 2 atom stereocenters. The number of nitrogens with zero attached hydrogens (tertiary/aromatic N) is 1. The number of ether oxygens (including phenoxy) is 2. The quantitative estimate of drug-likeness (QED) is 0.802. The van der Waals surface area contributed by atoms with Crippen LogP contribution in [0.4, 0.5) is 0 Å². The average Bonchev–Trinajstić information content (AvgIpc) is 2.40. The summed E-state index contributed by atoms with van der Waals surface area (Å²) in [6.45, 7) is 3.41. The number of nitrogens with two attached hydrogens (primary N) is 1. The first-order chi connectivity index (χ1) is 8.63. The Balaban J connectivity index is 2.80. The van der Waals surface area contributed by atoms with Crippen molar-refractivity contribution in [1.29, 1.82) is 0 Å². The van der Waals surface area contributed by atoms with Gasteiger partial charge in [-0.3, -0.25) is 4.90 Å². The van der Waals surface area contributed by atoms with Crippen LogP contribution in [0.3, 0.4) is 0 Å². The Hall–Kier alpha value is -1.10. The smallest absolute Gasteiger partial charge is 0.118 e. The van der Waals surface area contributed by atoms with Gasteiger partial charge < -0.3 is 15.2 Å². The summed E-state index contributed by atoms with van der Waals surface area (Å²) >= 11 is 0. The van der Waals surface area contributed by atoms with E-state index in [0.717, 1.165) is 5.75 Å². The SMILES string of the molecule is COCC(C)N(C)C(CN)c1ccc(OC)cc1. The molecule has 4 heteroatoms. The van der Waals surface area contributed by atoms with Crippen molar-refractivity contribution in [3.63, 3.8) is 0 Å². The molecule has 0 amide bonds. The summed E-state index contributed by atoms with van der Waals surface area (Å²) in [6, 6.07) is 8.57. The first-order valence-electron chi connectivity index (χ1n) is 6.19. The van der Waals surface area contributed by atoms with E-state index in [1.807, 2.05) is 12.1 Å². The second kappa shape index (κ2) is 7.36. The molecular weight excluding hydrogens is 228 g/mol. The topological polar surface area (TPSA) is 47.7 Å². The van der Waals surface area contributed by atoms with Gasteiger partial charge in [-0.15, -0.1) is 0 Å². The minimum Gasteiger partial charge on any atom is -0.497 e. The molecule has 0 fully saturated rings. The van der Waals surface area contributed by atoms with Gasteiger partial charge in [0.25, 0.3) is 0 Å². The van der Waals surface area contributed by atoms with E-state index < -0.39 is 0 Å². The summed E-state index contributed by atoms with van der Waals surface area (Å²) in [6.07, 6.45) is 0. The largest absolute Gasteiger partial charge is 0.497 e. The number of hydrogen-bond acceptors (Lipinski definition) is 4. The van der Waals surface area contributed by atoms with Crippen LogP contribution in [-0.2, 0) is 4.74 Å². The average molecular weight is 252 g/mol. The Bertz CT molecular complexity index is 340. The van der Waals surface area contributed by atoms with E-state index in [-0.39, 0.29) is 6.04 Å². The van der Waals surface area contributed by atoms with Crippen molar-refractivity contribution in [2.75, 3.05) is 34.4 Å². The van der Waals surface area contributed by atoms with Gasteiger partial charge in [-0.1, -0.05) is 12.1 Å². The summed E-state index contributed by atoms with van der Waals surface area (Å²) in [7, 11) is 5.46. The third kappa shape index (κ3) is 3.70. The third-order valence-corrected chi connectivity index (χ3v) is 3.32. The lowest BCUT2D eigenvalue weighted by atomic mass is 10.0. The molecule has 1 aromatic rings. The number of methoxy groups -OCH3 is 2. The number of benzene rings is 1. The standard InChI is InChI=1S/C14H24N2O2/c1-11(10-17-3)16(2)14(9-15)12-5-7-13(18-4)8-6-12/h5-8,11,14H,9-10,15H2,1-4H3. The normalized spacial score (nSPS) is 14.6. The minimum absolute atomic E-state index is 0.195. The number of hydrogen-bond donors (Lipinski definition) is 1. The molecule has 1 rings (SSSR count). The summed E-state index contributed by atoms with van der Waals surface area (Å²) in [5.74, 6) is 0.863. The lowest BCUT2D eigenvalue weighted by Crippen LogP contribution is -2.39. The second-order valence-electron chi connectivity index (χ2n) is 4.49. The molecule has 0 aromatic heterocycles. The molecule has 0 saturated heterocycles. The highest BCUT2D eigenvalue weighted by atomic mass is 16.5. The zero-order valence-corrected chi connectivity index (χ0v) is 11.7. The maximum atomic E-state index is 5.90. The van der Waals surface area contributed by atoms with E-state index >= 15 is 0 Å². The monoisotopic (exact) mass is 252 g/mol. The zero-order chi connectivity index (χ0) is 13.5. The second-order valence-corrected chi connectivity index (χ2v) is 4.49. The van der Waals surface area contributed by atoms with E-state index in [1.54, 1.807) is 14.2 Å². The molecule has 0 aliphatic heterocycles. The minimum atomic E-state index is 0.195. The Morgan fingerprint density at radius 2 is 1.83 bits per heavy atom. The predicted molar refractivity (Wildman–Crippen MR) is 73.9 cm³/mol. The summed E-state index contributed by atoms with van der Waals surface area (Å²) in [5.41, 5.74) is 7.09. The molecule has 2 N–H and O–H groups in total. The first kappa shape index (κ1) is 15.0. The molecular formula is C14H24N2O2. The lowest BCUT2D eigenvalue weighted by molar-refractivity contribution is 0.0910. The van der Waals surface area contributed by atoms with Gasteiger partial charge >= 0.3 is 0 Å². The maximum absolute atomic E-state index is 5.90. The highest BCUT2D eigenvalue weighted by molar-refractivity contribution is 5.29. The fourth-order valence-corrected chi connectivity index (χ4v) is 2.03. The molecule has 2 unspecified atom stereocenters. The van der Waals surface area contributed by atoms with Crippen molar-refractivity contribution in [2.45, 2.75) is 19.0 Å². The van der Waals surface area contributed by atoms with Crippen molar-refractivity contribution < 1.29 is 9.47 Å². The van der Waals surface area contributed by atoms with Crippen LogP contribution in [0.25, 0.3) is 0 Å². The van der Waals surface area contributed by atoms with Gasteiger partial charge in [0.05, 0.1) is 13.7 Å². The Morgan fingerprint density at radius 1 is 1.22 bits per heavy atom. The molecule has 0 heterocycles. The van der Waals surface area contributed by atoms with E-state index in [1.165, 1.54) is 5.56 Å². The molecule has 4 nitrogen and oxygen atoms in total. The molecule has 0 bridgehead atoms. The fraction of sp³-hybridized carbons (Fsp3) is 0.571. The van der Waals surface area contributed by atoms with Gasteiger partial charge in [-0.2, -0.15) is 0 Å². The van der Waals surface area contributed by atoms with Crippen LogP contribution in [0.5, 0.6) is 5.75 Å². The van der Waals surface area contributed by atoms with Crippen LogP contribution in [0.15, 0.2) is 24.3 Å². The highest BCUT2D eigenvalue weighted by Crippen LogP contribution is 2.22. The molecule has 1 aromatic carbocycles. The van der Waals surface area contributed by atoms with Crippen molar-refractivity contribution in [3.8, 4) is 5.75 Å². The van der Waals surface area contributed by atoms with Crippen molar-refractivity contribution in [3.05, 3.63) is 29.8 Å². The molecule has 0 aliphatic rings. The molecule has 102 valence electrons. The van der Waals surface area contributed by atoms with Crippen LogP contribution in [0.2, 0.25) is 0 Å². The van der Waals surface area contributed by atoms with Crippen molar-refractivity contribution in [1.82, 2.24) is 4.90 Å². The predicted octanol–water partition coefficient (Wildman–Crippen LogP) is 1.66. The van der Waals surface area contributed by atoms with Gasteiger partial charge in [0.15, 0.2) is 0 Å². The van der Waals surface area contributed by atoms with Gasteiger partial charge in [0.2, 0.25) is 0 Å². The van der Waals surface area contributed by atoms with E-state index in [9.17, 15) is 0 Å². The van der Waals surface area contributed by atoms with Crippen molar-refractivity contribution in [2.24, 2.45) is 5.73 Å². The molecule has 0 spiro atoms. The molecule has 0 saturated carbocycles. The molecule has 18 heavy (non-hydrogen) atoms. The summed E-state index contributed by atoms with van der Waals surface area (Å²) in [4.78, 5) is 2.24. The highest BCUT2D eigenvalue weighted by Gasteiger charge is 2.20. The van der Waals surface area contributed by atoms with E-state index in [0.29, 0.717) is 19.2 Å². The van der Waals surface area contributed by atoms with Crippen LogP contribution >= 0.6 is 0 Å². The van der Waals surface area contributed by atoms with Gasteiger partial charge in [0.1, 0.15) is 5.75 Å². The van der Waals surface area contributed by atoms with Gasteiger partial charge in [-0.25, -0.2) is 0 Å². The Kier molecular flexibility index (Phi) is 6.12. The summed E-state index contributed by atoms with van der Waals surface area (Å²) < 4.78 is 10.4. The van der Waals surface area contributed by atoms with Crippen molar-refractivity contribution >= 4 is 0 Å². The van der Waals surface area contributed by atoms with Crippen LogP contribution in [-0.4, -0.2) is 45.4 Å². The maximum Gasteiger partial charge on any atom is 0.118 e. The number of likely N-dealkylation sites (N-methyl/N-ethyl adjacent to an activating group) is 1. The zero-order valence-electron chi connectivity index (χ0n) is 11.7. The lowest BCUT2D eigenvalue weighted by Gasteiger charge is -2.32. The Morgan fingerprint density at radius 3 is 2.28 bits per heavy atom. The van der Waals surface area contributed by atoms with Crippen LogP contribution in [0.1, 0.15) is 18.5 Å². The fourth-order valence-electron chi connectivity index (χ4n) is 2.03. The van der Waals surface area contributed by atoms with Gasteiger partial charge in [-0.05, 0) is 31.7 Å². The van der Waals surface area contributed by atoms with Gasteiger partial charge in [0, 0.05) is 25.7 Å². The molecule has 0 aliphatic carbocycles. The molecule has 0 radical (unpaired) electrons. The third-order valence-electron chi connectivity index (χ3n) is 3.32. The Labute approximate surface area is 110 Å². The number of rotatable bonds is 7.